The molecule has 0 aliphatic carbocycles. The van der Waals surface area contributed by atoms with E-state index in [4.69, 9.17) is 10.00 Å². The fraction of sp³-hybridized carbons (Fsp3) is 0.353. The Balaban J connectivity index is 2.17. The number of hydrogen-bond donors (Lipinski definition) is 0. The van der Waals surface area contributed by atoms with Gasteiger partial charge in [0.05, 0.1) is 19.5 Å². The average Bonchev–Trinajstić information content (AvgIpc) is 2.54. The van der Waals surface area contributed by atoms with E-state index in [0.717, 1.165) is 11.3 Å². The quantitative estimate of drug-likeness (QED) is 0.842. The Morgan fingerprint density at radius 1 is 1.30 bits per heavy atom. The standard InChI is InChI=1S/C17H20N4O2/c1-12-13(2)19-21(17(22)16(12)9-18)11-20(3)10-14-5-7-15(23-4)8-6-14/h5-8H,10-11H2,1-4H3. The van der Waals surface area contributed by atoms with Gasteiger partial charge >= 0.3 is 0 Å². The highest BCUT2D eigenvalue weighted by Gasteiger charge is 2.12. The van der Waals surface area contributed by atoms with Crippen molar-refractivity contribution in [2.75, 3.05) is 14.2 Å². The molecule has 6 heteroatoms. The lowest BCUT2D eigenvalue weighted by Crippen LogP contribution is -2.34. The maximum atomic E-state index is 12.3. The molecule has 120 valence electrons. The first kappa shape index (κ1) is 16.7. The maximum absolute atomic E-state index is 12.3. The average molecular weight is 312 g/mol. The topological polar surface area (TPSA) is 71.2 Å². The molecule has 0 spiro atoms. The molecular weight excluding hydrogens is 292 g/mol. The second-order valence-corrected chi connectivity index (χ2v) is 5.51. The highest BCUT2D eigenvalue weighted by Crippen LogP contribution is 2.12. The molecule has 0 aliphatic heterocycles. The second-order valence-electron chi connectivity index (χ2n) is 5.51. The van der Waals surface area contributed by atoms with E-state index in [-0.39, 0.29) is 11.1 Å². The van der Waals surface area contributed by atoms with Crippen LogP contribution in [0.1, 0.15) is 22.4 Å². The molecule has 0 saturated carbocycles. The number of aromatic nitrogens is 2. The predicted octanol–water partition coefficient (Wildman–Crippen LogP) is 1.83. The first-order chi connectivity index (χ1) is 11.0. The number of nitriles is 1. The molecule has 0 saturated heterocycles. The van der Waals surface area contributed by atoms with E-state index >= 15 is 0 Å². The summed E-state index contributed by atoms with van der Waals surface area (Å²) < 4.78 is 6.47. The minimum absolute atomic E-state index is 0.162. The molecule has 6 nitrogen and oxygen atoms in total. The Labute approximate surface area is 135 Å². The molecule has 23 heavy (non-hydrogen) atoms. The lowest BCUT2D eigenvalue weighted by atomic mass is 10.1. The van der Waals surface area contributed by atoms with Crippen LogP contribution < -0.4 is 10.3 Å². The number of aryl methyl sites for hydroxylation is 1. The molecule has 0 amide bonds. The van der Waals surface area contributed by atoms with Crippen LogP contribution >= 0.6 is 0 Å². The molecular formula is C17H20N4O2. The third-order valence-electron chi connectivity index (χ3n) is 3.74. The largest absolute Gasteiger partial charge is 0.497 e. The van der Waals surface area contributed by atoms with Crippen LogP contribution in [0, 0.1) is 25.2 Å². The SMILES string of the molecule is COc1ccc(CN(C)Cn2nc(C)c(C)c(C#N)c2=O)cc1. The number of nitrogens with zero attached hydrogens (tertiary/aromatic N) is 4. The summed E-state index contributed by atoms with van der Waals surface area (Å²) in [4.78, 5) is 14.2. The van der Waals surface area contributed by atoms with Crippen molar-refractivity contribution in [2.24, 2.45) is 0 Å². The molecule has 0 radical (unpaired) electrons. The van der Waals surface area contributed by atoms with E-state index in [1.165, 1.54) is 4.68 Å². The molecule has 2 rings (SSSR count). The molecule has 2 aromatic rings. The van der Waals surface area contributed by atoms with Gasteiger partial charge in [-0.2, -0.15) is 10.4 Å². The van der Waals surface area contributed by atoms with Gasteiger partial charge in [-0.25, -0.2) is 4.68 Å². The van der Waals surface area contributed by atoms with Gasteiger partial charge in [0.1, 0.15) is 17.4 Å². The Morgan fingerprint density at radius 3 is 2.52 bits per heavy atom. The minimum Gasteiger partial charge on any atom is -0.497 e. The van der Waals surface area contributed by atoms with Crippen LogP contribution in [-0.2, 0) is 13.2 Å². The second kappa shape index (κ2) is 7.07. The van der Waals surface area contributed by atoms with Crippen LogP contribution in [0.4, 0.5) is 0 Å². The molecule has 1 heterocycles. The molecule has 1 aromatic carbocycles. The van der Waals surface area contributed by atoms with Crippen molar-refractivity contribution in [1.82, 2.24) is 14.7 Å². The zero-order valence-electron chi connectivity index (χ0n) is 13.8. The van der Waals surface area contributed by atoms with Crippen molar-refractivity contribution >= 4 is 0 Å². The van der Waals surface area contributed by atoms with Crippen molar-refractivity contribution in [3.8, 4) is 11.8 Å². The maximum Gasteiger partial charge on any atom is 0.286 e. The Bertz CT molecular complexity index is 788. The Kier molecular flexibility index (Phi) is 5.14. The van der Waals surface area contributed by atoms with Gasteiger partial charge in [-0.05, 0) is 44.2 Å². The number of ether oxygens (including phenoxy) is 1. The zero-order chi connectivity index (χ0) is 17.0. The summed E-state index contributed by atoms with van der Waals surface area (Å²) in [6, 6.07) is 9.73. The first-order valence-electron chi connectivity index (χ1n) is 7.26. The van der Waals surface area contributed by atoms with Gasteiger partial charge in [0.15, 0.2) is 0 Å². The molecule has 0 bridgehead atoms. The Morgan fingerprint density at radius 2 is 1.96 bits per heavy atom. The van der Waals surface area contributed by atoms with Gasteiger partial charge in [0, 0.05) is 6.54 Å². The van der Waals surface area contributed by atoms with Gasteiger partial charge < -0.3 is 4.74 Å². The van der Waals surface area contributed by atoms with Gasteiger partial charge in [-0.15, -0.1) is 0 Å². The molecule has 0 atom stereocenters. The summed E-state index contributed by atoms with van der Waals surface area (Å²) >= 11 is 0. The van der Waals surface area contributed by atoms with Crippen molar-refractivity contribution in [3.05, 3.63) is 57.0 Å². The van der Waals surface area contributed by atoms with E-state index in [1.54, 1.807) is 21.0 Å². The Hall–Kier alpha value is -2.65. The highest BCUT2D eigenvalue weighted by molar-refractivity contribution is 5.36. The third kappa shape index (κ3) is 3.76. The molecule has 0 fully saturated rings. The van der Waals surface area contributed by atoms with Crippen molar-refractivity contribution < 1.29 is 4.74 Å². The highest BCUT2D eigenvalue weighted by atomic mass is 16.5. The van der Waals surface area contributed by atoms with Crippen LogP contribution in [0.15, 0.2) is 29.1 Å². The van der Waals surface area contributed by atoms with E-state index in [0.29, 0.717) is 24.5 Å². The van der Waals surface area contributed by atoms with Gasteiger partial charge in [-0.1, -0.05) is 12.1 Å². The van der Waals surface area contributed by atoms with Gasteiger partial charge in [0.25, 0.3) is 5.56 Å². The fourth-order valence-electron chi connectivity index (χ4n) is 2.32. The number of hydrogen-bond acceptors (Lipinski definition) is 5. The third-order valence-corrected chi connectivity index (χ3v) is 3.74. The van der Waals surface area contributed by atoms with Crippen LogP contribution in [0.3, 0.4) is 0 Å². The summed E-state index contributed by atoms with van der Waals surface area (Å²) in [6.45, 7) is 4.52. The number of methoxy groups -OCH3 is 1. The van der Waals surface area contributed by atoms with E-state index in [2.05, 4.69) is 5.10 Å². The molecule has 0 N–H and O–H groups in total. The minimum atomic E-state index is -0.350. The first-order valence-corrected chi connectivity index (χ1v) is 7.26. The normalized spacial score (nSPS) is 10.6. The summed E-state index contributed by atoms with van der Waals surface area (Å²) in [5, 5.41) is 13.4. The van der Waals surface area contributed by atoms with E-state index < -0.39 is 0 Å². The summed E-state index contributed by atoms with van der Waals surface area (Å²) in [5.74, 6) is 0.808. The van der Waals surface area contributed by atoms with E-state index in [1.807, 2.05) is 42.3 Å². The fourth-order valence-corrected chi connectivity index (χ4v) is 2.32. The number of rotatable bonds is 5. The predicted molar refractivity (Wildman–Crippen MR) is 87.1 cm³/mol. The van der Waals surface area contributed by atoms with Crippen LogP contribution in [0.5, 0.6) is 5.75 Å². The summed E-state index contributed by atoms with van der Waals surface area (Å²) in [5.41, 5.74) is 2.25. The summed E-state index contributed by atoms with van der Waals surface area (Å²) in [6.07, 6.45) is 0. The smallest absolute Gasteiger partial charge is 0.286 e. The summed E-state index contributed by atoms with van der Waals surface area (Å²) in [7, 11) is 3.53. The monoisotopic (exact) mass is 312 g/mol. The van der Waals surface area contributed by atoms with Crippen LogP contribution in [0.2, 0.25) is 0 Å². The molecule has 1 aromatic heterocycles. The number of benzene rings is 1. The van der Waals surface area contributed by atoms with Crippen molar-refractivity contribution in [1.29, 1.82) is 5.26 Å². The van der Waals surface area contributed by atoms with Crippen LogP contribution in [-0.4, -0.2) is 28.8 Å². The van der Waals surface area contributed by atoms with Crippen LogP contribution in [0.25, 0.3) is 0 Å². The molecule has 0 aliphatic rings. The van der Waals surface area contributed by atoms with Crippen molar-refractivity contribution in [2.45, 2.75) is 27.1 Å². The lowest BCUT2D eigenvalue weighted by Gasteiger charge is -2.18. The van der Waals surface area contributed by atoms with Gasteiger partial charge in [0.2, 0.25) is 0 Å². The van der Waals surface area contributed by atoms with Gasteiger partial charge in [-0.3, -0.25) is 9.69 Å². The zero-order valence-corrected chi connectivity index (χ0v) is 13.8. The molecule has 0 unspecified atom stereocenters. The van der Waals surface area contributed by atoms with Crippen molar-refractivity contribution in [3.63, 3.8) is 0 Å². The lowest BCUT2D eigenvalue weighted by molar-refractivity contribution is 0.239. The van der Waals surface area contributed by atoms with E-state index in [9.17, 15) is 4.79 Å².